The van der Waals surface area contributed by atoms with Crippen LogP contribution in [0.2, 0.25) is 0 Å². The third-order valence-electron chi connectivity index (χ3n) is 3.61. The van der Waals surface area contributed by atoms with Crippen LogP contribution in [-0.4, -0.2) is 29.5 Å². The summed E-state index contributed by atoms with van der Waals surface area (Å²) in [5.74, 6) is -1.20. The van der Waals surface area contributed by atoms with E-state index in [0.29, 0.717) is 11.3 Å². The summed E-state index contributed by atoms with van der Waals surface area (Å²) in [7, 11) is 2.80. The Bertz CT molecular complexity index is 971. The first-order chi connectivity index (χ1) is 11.5. The summed E-state index contributed by atoms with van der Waals surface area (Å²) in [6.07, 6.45) is 0. The Balaban J connectivity index is 2.37. The van der Waals surface area contributed by atoms with E-state index < -0.39 is 22.7 Å². The van der Waals surface area contributed by atoms with Crippen molar-refractivity contribution in [3.05, 3.63) is 40.6 Å². The lowest BCUT2D eigenvalue weighted by Crippen LogP contribution is -2.04. The minimum absolute atomic E-state index is 0.113. The molecule has 7 heteroatoms. The van der Waals surface area contributed by atoms with E-state index in [0.717, 1.165) is 6.07 Å². The molecule has 0 aliphatic carbocycles. The Hall–Kier alpha value is -3.35. The maximum atomic E-state index is 12.4. The van der Waals surface area contributed by atoms with Gasteiger partial charge >= 0.3 is 0 Å². The quantitative estimate of drug-likeness (QED) is 0.677. The van der Waals surface area contributed by atoms with E-state index in [1.54, 1.807) is 24.3 Å². The fourth-order valence-corrected chi connectivity index (χ4v) is 2.44. The van der Waals surface area contributed by atoms with Crippen LogP contribution in [0.5, 0.6) is 28.7 Å². The summed E-state index contributed by atoms with van der Waals surface area (Å²) in [6.45, 7) is 0. The third-order valence-corrected chi connectivity index (χ3v) is 3.61. The van der Waals surface area contributed by atoms with E-state index in [1.165, 1.54) is 14.2 Å². The zero-order valence-corrected chi connectivity index (χ0v) is 12.9. The van der Waals surface area contributed by atoms with Crippen molar-refractivity contribution in [1.29, 1.82) is 0 Å². The molecule has 0 saturated heterocycles. The zero-order valence-electron chi connectivity index (χ0n) is 12.9. The lowest BCUT2D eigenvalue weighted by molar-refractivity contribution is 0.365. The highest BCUT2D eigenvalue weighted by Gasteiger charge is 2.23. The number of benzene rings is 2. The van der Waals surface area contributed by atoms with Crippen molar-refractivity contribution in [2.24, 2.45) is 0 Å². The molecule has 0 atom stereocenters. The molecule has 0 amide bonds. The second kappa shape index (κ2) is 5.69. The van der Waals surface area contributed by atoms with Crippen molar-refractivity contribution >= 4 is 11.0 Å². The predicted octanol–water partition coefficient (Wildman–Crippen LogP) is 2.59. The Kier molecular flexibility index (Phi) is 3.69. The van der Waals surface area contributed by atoms with Gasteiger partial charge in [-0.05, 0) is 24.3 Å². The van der Waals surface area contributed by atoms with Crippen molar-refractivity contribution < 1.29 is 29.2 Å². The van der Waals surface area contributed by atoms with E-state index in [2.05, 4.69) is 0 Å². The zero-order chi connectivity index (χ0) is 17.4. The largest absolute Gasteiger partial charge is 0.507 e. The van der Waals surface area contributed by atoms with Crippen LogP contribution in [0.3, 0.4) is 0 Å². The molecule has 24 heavy (non-hydrogen) atoms. The average Bonchev–Trinajstić information content (AvgIpc) is 2.58. The number of fused-ring (bicyclic) bond motifs is 1. The van der Waals surface area contributed by atoms with Gasteiger partial charge in [-0.1, -0.05) is 0 Å². The monoisotopic (exact) mass is 330 g/mol. The van der Waals surface area contributed by atoms with Gasteiger partial charge in [0, 0.05) is 11.6 Å². The van der Waals surface area contributed by atoms with Gasteiger partial charge in [0.05, 0.1) is 14.2 Å². The van der Waals surface area contributed by atoms with Crippen LogP contribution in [0.25, 0.3) is 22.3 Å². The molecule has 1 aromatic heterocycles. The van der Waals surface area contributed by atoms with Crippen molar-refractivity contribution in [3.8, 4) is 40.1 Å². The molecule has 1 heterocycles. The molecule has 0 radical (unpaired) electrons. The lowest BCUT2D eigenvalue weighted by Gasteiger charge is -2.11. The third kappa shape index (κ3) is 2.26. The van der Waals surface area contributed by atoms with Gasteiger partial charge in [0.25, 0.3) is 0 Å². The second-order valence-electron chi connectivity index (χ2n) is 4.99. The number of hydrogen-bond donors (Lipinski definition) is 3. The smallest absolute Gasteiger partial charge is 0.238 e. The molecule has 0 aliphatic heterocycles. The molecule has 124 valence electrons. The van der Waals surface area contributed by atoms with Gasteiger partial charge in [0.1, 0.15) is 16.9 Å². The van der Waals surface area contributed by atoms with Crippen molar-refractivity contribution in [2.75, 3.05) is 14.2 Å². The highest BCUT2D eigenvalue weighted by molar-refractivity contribution is 5.93. The molecule has 3 N–H and O–H groups in total. The van der Waals surface area contributed by atoms with E-state index in [9.17, 15) is 20.1 Å². The molecule has 0 bridgehead atoms. The summed E-state index contributed by atoms with van der Waals surface area (Å²) in [6, 6.07) is 7.41. The number of ether oxygens (including phenoxy) is 2. The molecule has 0 spiro atoms. The van der Waals surface area contributed by atoms with E-state index >= 15 is 0 Å². The molecule has 3 rings (SSSR count). The van der Waals surface area contributed by atoms with Crippen LogP contribution in [0.1, 0.15) is 0 Å². The lowest BCUT2D eigenvalue weighted by atomic mass is 10.1. The summed E-state index contributed by atoms with van der Waals surface area (Å²) in [4.78, 5) is 12.4. The highest BCUT2D eigenvalue weighted by atomic mass is 16.5. The number of phenolic OH excluding ortho intramolecular Hbond substituents is 2. The Morgan fingerprint density at radius 2 is 1.62 bits per heavy atom. The SMILES string of the molecule is COc1ccc(-c2oc3c(OC)c(O)cc(O)c3c(=O)c2O)cc1. The predicted molar refractivity (Wildman–Crippen MR) is 86.0 cm³/mol. The number of phenols is 2. The Morgan fingerprint density at radius 1 is 0.958 bits per heavy atom. The van der Waals surface area contributed by atoms with Gasteiger partial charge < -0.3 is 29.2 Å². The topological polar surface area (TPSA) is 109 Å². The summed E-state index contributed by atoms with van der Waals surface area (Å²) in [5, 5.41) is 29.7. The standard InChI is InChI=1S/C17H14O7/c1-22-9-5-3-8(4-6-9)15-14(21)13(20)12-10(18)7-11(19)16(23-2)17(12)24-15/h3-7,18-19,21H,1-2H3. The number of rotatable bonds is 3. The summed E-state index contributed by atoms with van der Waals surface area (Å²) >= 11 is 0. The molecule has 3 aromatic rings. The van der Waals surface area contributed by atoms with Gasteiger partial charge in [-0.15, -0.1) is 0 Å². The molecular formula is C17H14O7. The maximum Gasteiger partial charge on any atom is 0.238 e. The van der Waals surface area contributed by atoms with Gasteiger partial charge in [-0.25, -0.2) is 0 Å². The molecule has 0 fully saturated rings. The minimum Gasteiger partial charge on any atom is -0.507 e. The van der Waals surface area contributed by atoms with Gasteiger partial charge in [-0.2, -0.15) is 0 Å². The van der Waals surface area contributed by atoms with Crippen LogP contribution in [0.4, 0.5) is 0 Å². The average molecular weight is 330 g/mol. The summed E-state index contributed by atoms with van der Waals surface area (Å²) in [5.41, 5.74) is -0.585. The van der Waals surface area contributed by atoms with Gasteiger partial charge in [0.15, 0.2) is 17.1 Å². The maximum absolute atomic E-state index is 12.4. The number of aromatic hydroxyl groups is 3. The molecule has 2 aromatic carbocycles. The Morgan fingerprint density at radius 3 is 2.21 bits per heavy atom. The Labute approximate surface area is 135 Å². The van der Waals surface area contributed by atoms with Crippen LogP contribution in [0, 0.1) is 0 Å². The van der Waals surface area contributed by atoms with Crippen LogP contribution in [0.15, 0.2) is 39.5 Å². The van der Waals surface area contributed by atoms with Gasteiger partial charge in [0.2, 0.25) is 16.9 Å². The highest BCUT2D eigenvalue weighted by Crippen LogP contribution is 2.42. The van der Waals surface area contributed by atoms with Crippen LogP contribution in [-0.2, 0) is 0 Å². The first-order valence-electron chi connectivity index (χ1n) is 6.91. The second-order valence-corrected chi connectivity index (χ2v) is 4.99. The molecule has 0 aliphatic rings. The van der Waals surface area contributed by atoms with E-state index in [1.807, 2.05) is 0 Å². The number of methoxy groups -OCH3 is 2. The van der Waals surface area contributed by atoms with Crippen molar-refractivity contribution in [2.45, 2.75) is 0 Å². The fourth-order valence-electron chi connectivity index (χ4n) is 2.44. The number of hydrogen-bond acceptors (Lipinski definition) is 7. The fraction of sp³-hybridized carbons (Fsp3) is 0.118. The van der Waals surface area contributed by atoms with E-state index in [4.69, 9.17) is 13.9 Å². The van der Waals surface area contributed by atoms with Crippen molar-refractivity contribution in [1.82, 2.24) is 0 Å². The molecule has 0 saturated carbocycles. The first-order valence-corrected chi connectivity index (χ1v) is 6.91. The molecule has 0 unspecified atom stereocenters. The van der Waals surface area contributed by atoms with E-state index in [-0.39, 0.29) is 22.5 Å². The molecule has 7 nitrogen and oxygen atoms in total. The van der Waals surface area contributed by atoms with Gasteiger partial charge in [-0.3, -0.25) is 4.79 Å². The van der Waals surface area contributed by atoms with Crippen LogP contribution >= 0.6 is 0 Å². The minimum atomic E-state index is -0.835. The molecular weight excluding hydrogens is 316 g/mol. The first kappa shape index (κ1) is 15.5. The van der Waals surface area contributed by atoms with Crippen molar-refractivity contribution in [3.63, 3.8) is 0 Å². The summed E-state index contributed by atoms with van der Waals surface area (Å²) < 4.78 is 15.7. The normalized spacial score (nSPS) is 10.8. The van der Waals surface area contributed by atoms with Crippen LogP contribution < -0.4 is 14.9 Å².